The van der Waals surface area contributed by atoms with Crippen LogP contribution in [0.4, 0.5) is 0 Å². The maximum absolute atomic E-state index is 13.0. The summed E-state index contributed by atoms with van der Waals surface area (Å²) in [6.45, 7) is 3.49. The summed E-state index contributed by atoms with van der Waals surface area (Å²) in [5, 5.41) is 72.2. The van der Waals surface area contributed by atoms with E-state index in [0.29, 0.717) is 13.0 Å². The Morgan fingerprint density at radius 3 is 1.48 bits per heavy atom. The lowest BCUT2D eigenvalue weighted by molar-refractivity contribution is -0.332. The number of carbonyl (C=O) groups is 1. The predicted octanol–water partition coefficient (Wildman–Crippen LogP) is 8.29. The summed E-state index contributed by atoms with van der Waals surface area (Å²) in [4.78, 5) is 13.0. The van der Waals surface area contributed by atoms with Crippen molar-refractivity contribution in [1.82, 2.24) is 0 Å². The average molecular weight is 979 g/mol. The first-order valence-corrected chi connectivity index (χ1v) is 26.5. The third-order valence-corrected chi connectivity index (χ3v) is 12.2. The SMILES string of the molecule is CC/C=C\C/C=C\C/C=C\C/C=C\CCCCCCCCCOCC(COC1OC(COC2OC(CO)C(O)C(O)C2O)C(O)C(O)C1O)OC(=O)CCCCCCC/C=C\C/C=C\CCCCC. The van der Waals surface area contributed by atoms with Crippen LogP contribution in [0, 0.1) is 0 Å². The van der Waals surface area contributed by atoms with E-state index in [9.17, 15) is 40.5 Å². The molecule has 2 aliphatic rings. The number of allylic oxidation sites excluding steroid dienone is 12. The van der Waals surface area contributed by atoms with Crippen molar-refractivity contribution in [2.75, 3.05) is 33.0 Å². The average Bonchev–Trinajstić information content (AvgIpc) is 3.35. The molecular formula is C55H94O14. The van der Waals surface area contributed by atoms with Crippen molar-refractivity contribution in [3.05, 3.63) is 72.9 Å². The molecule has 0 aromatic rings. The Labute approximate surface area is 415 Å². The number of aliphatic hydroxyl groups is 7. The molecule has 11 atom stereocenters. The summed E-state index contributed by atoms with van der Waals surface area (Å²) >= 11 is 0. The molecule has 398 valence electrons. The molecule has 0 spiro atoms. The van der Waals surface area contributed by atoms with Crippen LogP contribution in [0.15, 0.2) is 72.9 Å². The zero-order valence-corrected chi connectivity index (χ0v) is 42.3. The molecule has 11 unspecified atom stereocenters. The largest absolute Gasteiger partial charge is 0.457 e. The highest BCUT2D eigenvalue weighted by Crippen LogP contribution is 2.26. The Bertz CT molecular complexity index is 1410. The van der Waals surface area contributed by atoms with Crippen LogP contribution in [-0.4, -0.2) is 142 Å². The summed E-state index contributed by atoms with van der Waals surface area (Å²) in [7, 11) is 0. The van der Waals surface area contributed by atoms with E-state index in [-0.39, 0.29) is 19.6 Å². The highest BCUT2D eigenvalue weighted by atomic mass is 16.7. The molecule has 0 amide bonds. The van der Waals surface area contributed by atoms with Gasteiger partial charge in [-0.05, 0) is 83.5 Å². The van der Waals surface area contributed by atoms with Gasteiger partial charge in [0.25, 0.3) is 0 Å². The van der Waals surface area contributed by atoms with E-state index in [0.717, 1.165) is 103 Å². The number of hydrogen-bond donors (Lipinski definition) is 7. The molecular weight excluding hydrogens is 885 g/mol. The van der Waals surface area contributed by atoms with E-state index in [4.69, 9.17) is 28.4 Å². The standard InChI is InChI=1S/C55H94O14/c1-3-5-7-9-11-13-15-17-19-20-21-22-23-25-27-29-31-33-35-37-39-64-41-44(67-47(57)38-36-34-32-30-28-26-24-18-16-14-12-10-8-6-4-2)42-65-54-53(63)51(61)49(59)46(69-54)43-66-55-52(62)50(60)48(58)45(40-56)68-55/h5,7,11-14,17-19,21-22,24,44-46,48-56,58-63H,3-4,6,8-10,15-16,20,23,25-43H2,1-2H3/b7-5-,13-11-,14-12-,19-17-,22-21-,24-18-. The molecule has 2 fully saturated rings. The summed E-state index contributed by atoms with van der Waals surface area (Å²) in [5.41, 5.74) is 0. The third-order valence-electron chi connectivity index (χ3n) is 12.2. The third kappa shape index (κ3) is 29.5. The first kappa shape index (κ1) is 62.5. The number of unbranched alkanes of at least 4 members (excludes halogenated alkanes) is 15. The number of carbonyl (C=O) groups excluding carboxylic acids is 1. The summed E-state index contributed by atoms with van der Waals surface area (Å²) in [6, 6.07) is 0. The molecule has 0 bridgehead atoms. The van der Waals surface area contributed by atoms with Crippen molar-refractivity contribution < 1.29 is 69.0 Å². The van der Waals surface area contributed by atoms with Crippen LogP contribution in [0.25, 0.3) is 0 Å². The van der Waals surface area contributed by atoms with Gasteiger partial charge in [0.05, 0.1) is 26.4 Å². The minimum Gasteiger partial charge on any atom is -0.457 e. The van der Waals surface area contributed by atoms with Crippen LogP contribution in [0.1, 0.15) is 168 Å². The van der Waals surface area contributed by atoms with E-state index < -0.39 is 86.7 Å². The molecule has 0 radical (unpaired) electrons. The molecule has 14 nitrogen and oxygen atoms in total. The van der Waals surface area contributed by atoms with Crippen LogP contribution < -0.4 is 0 Å². The minimum absolute atomic E-state index is 0.0445. The van der Waals surface area contributed by atoms with Crippen LogP contribution in [0.3, 0.4) is 0 Å². The second-order valence-electron chi connectivity index (χ2n) is 18.3. The number of ether oxygens (including phenoxy) is 6. The number of esters is 1. The van der Waals surface area contributed by atoms with Crippen LogP contribution >= 0.6 is 0 Å². The fourth-order valence-electron chi connectivity index (χ4n) is 7.89. The van der Waals surface area contributed by atoms with Crippen LogP contribution in [0.5, 0.6) is 0 Å². The second kappa shape index (κ2) is 42.0. The molecule has 2 aliphatic heterocycles. The van der Waals surface area contributed by atoms with Gasteiger partial charge in [0.1, 0.15) is 54.9 Å². The Hall–Kier alpha value is -2.57. The highest BCUT2D eigenvalue weighted by Gasteiger charge is 2.47. The molecule has 0 saturated carbocycles. The number of rotatable bonds is 41. The molecule has 7 N–H and O–H groups in total. The molecule has 2 heterocycles. The van der Waals surface area contributed by atoms with E-state index in [1.807, 2.05) is 0 Å². The Balaban J connectivity index is 1.76. The molecule has 0 aliphatic carbocycles. The fraction of sp³-hybridized carbons (Fsp3) is 0.764. The molecule has 0 aromatic heterocycles. The fourth-order valence-corrected chi connectivity index (χ4v) is 7.89. The monoisotopic (exact) mass is 979 g/mol. The van der Waals surface area contributed by atoms with Gasteiger partial charge in [0, 0.05) is 13.0 Å². The molecule has 2 saturated heterocycles. The van der Waals surface area contributed by atoms with Crippen molar-refractivity contribution >= 4 is 5.97 Å². The zero-order valence-electron chi connectivity index (χ0n) is 42.3. The van der Waals surface area contributed by atoms with Crippen LogP contribution in [-0.2, 0) is 33.2 Å². The molecule has 2 rings (SSSR count). The Morgan fingerprint density at radius 2 is 0.942 bits per heavy atom. The summed E-state index contributed by atoms with van der Waals surface area (Å²) in [6.07, 6.45) is 35.3. The van der Waals surface area contributed by atoms with Crippen molar-refractivity contribution in [3.63, 3.8) is 0 Å². The Kier molecular flexibility index (Phi) is 38.1. The normalized spacial score (nSPS) is 26.3. The molecule has 69 heavy (non-hydrogen) atoms. The lowest BCUT2D eigenvalue weighted by Crippen LogP contribution is -2.61. The van der Waals surface area contributed by atoms with Gasteiger partial charge in [-0.3, -0.25) is 4.79 Å². The van der Waals surface area contributed by atoms with Gasteiger partial charge in [-0.15, -0.1) is 0 Å². The van der Waals surface area contributed by atoms with Crippen molar-refractivity contribution in [2.24, 2.45) is 0 Å². The quantitative estimate of drug-likeness (QED) is 0.0175. The van der Waals surface area contributed by atoms with Gasteiger partial charge >= 0.3 is 5.97 Å². The van der Waals surface area contributed by atoms with Crippen LogP contribution in [0.2, 0.25) is 0 Å². The smallest absolute Gasteiger partial charge is 0.306 e. The van der Waals surface area contributed by atoms with Crippen molar-refractivity contribution in [2.45, 2.75) is 235 Å². The van der Waals surface area contributed by atoms with E-state index >= 15 is 0 Å². The maximum Gasteiger partial charge on any atom is 0.306 e. The van der Waals surface area contributed by atoms with Crippen molar-refractivity contribution in [3.8, 4) is 0 Å². The Morgan fingerprint density at radius 1 is 0.493 bits per heavy atom. The first-order chi connectivity index (χ1) is 33.6. The summed E-state index contributed by atoms with van der Waals surface area (Å²) < 4.78 is 34.3. The van der Waals surface area contributed by atoms with Gasteiger partial charge in [-0.25, -0.2) is 0 Å². The van der Waals surface area contributed by atoms with E-state index in [1.54, 1.807) is 0 Å². The maximum atomic E-state index is 13.0. The van der Waals surface area contributed by atoms with Gasteiger partial charge in [-0.1, -0.05) is 151 Å². The lowest BCUT2D eigenvalue weighted by Gasteiger charge is -2.42. The predicted molar refractivity (Wildman–Crippen MR) is 270 cm³/mol. The molecule has 14 heteroatoms. The second-order valence-corrected chi connectivity index (χ2v) is 18.3. The van der Waals surface area contributed by atoms with Gasteiger partial charge < -0.3 is 64.2 Å². The number of hydrogen-bond acceptors (Lipinski definition) is 14. The minimum atomic E-state index is -1.71. The van der Waals surface area contributed by atoms with E-state index in [1.165, 1.54) is 38.5 Å². The first-order valence-electron chi connectivity index (χ1n) is 26.5. The lowest BCUT2D eigenvalue weighted by atomic mass is 9.98. The molecule has 0 aromatic carbocycles. The van der Waals surface area contributed by atoms with E-state index in [2.05, 4.69) is 86.8 Å². The highest BCUT2D eigenvalue weighted by molar-refractivity contribution is 5.69. The van der Waals surface area contributed by atoms with Gasteiger partial charge in [0.15, 0.2) is 12.6 Å². The summed E-state index contributed by atoms with van der Waals surface area (Å²) in [5.74, 6) is -0.397. The van der Waals surface area contributed by atoms with Crippen molar-refractivity contribution in [1.29, 1.82) is 0 Å². The van der Waals surface area contributed by atoms with Gasteiger partial charge in [-0.2, -0.15) is 0 Å². The number of aliphatic hydroxyl groups excluding tert-OH is 7. The zero-order chi connectivity index (χ0) is 50.2. The van der Waals surface area contributed by atoms with Gasteiger partial charge in [0.2, 0.25) is 0 Å². The topological polar surface area (TPSA) is 214 Å².